The van der Waals surface area contributed by atoms with Crippen LogP contribution in [0, 0.1) is 0 Å². The van der Waals surface area contributed by atoms with Crippen LogP contribution in [0.1, 0.15) is 17.3 Å². The summed E-state index contributed by atoms with van der Waals surface area (Å²) in [6, 6.07) is 3.40. The first kappa shape index (κ1) is 11.8. The Morgan fingerprint density at radius 2 is 2.13 bits per heavy atom. The van der Waals surface area contributed by atoms with Gasteiger partial charge in [-0.25, -0.2) is 0 Å². The first-order valence-corrected chi connectivity index (χ1v) is 5.36. The van der Waals surface area contributed by atoms with Crippen molar-refractivity contribution in [2.75, 3.05) is 24.2 Å². The number of halogens is 1. The molecule has 0 atom stereocenters. The van der Waals surface area contributed by atoms with Crippen LogP contribution < -0.4 is 16.4 Å². The summed E-state index contributed by atoms with van der Waals surface area (Å²) >= 11 is 3.40. The number of benzene rings is 1. The van der Waals surface area contributed by atoms with E-state index in [1.54, 1.807) is 12.1 Å². The molecule has 1 aromatic carbocycles. The molecular weight excluding hydrogens is 258 g/mol. The molecule has 0 aliphatic rings. The van der Waals surface area contributed by atoms with E-state index in [4.69, 9.17) is 11.5 Å². The minimum absolute atomic E-state index is 0.355. The predicted molar refractivity (Wildman–Crippen MR) is 66.0 cm³/mol. The van der Waals surface area contributed by atoms with E-state index in [9.17, 15) is 4.79 Å². The fraction of sp³-hybridized carbons (Fsp3) is 0.300. The Labute approximate surface area is 97.4 Å². The van der Waals surface area contributed by atoms with Gasteiger partial charge in [0.05, 0.1) is 11.3 Å². The number of primary amides is 1. The first-order chi connectivity index (χ1) is 6.97. The van der Waals surface area contributed by atoms with Gasteiger partial charge in [-0.3, -0.25) is 4.79 Å². The van der Waals surface area contributed by atoms with Crippen molar-refractivity contribution in [2.45, 2.75) is 6.92 Å². The average Bonchev–Trinajstić information content (AvgIpc) is 2.16. The Balaban J connectivity index is 3.29. The molecular formula is C10H14BrN3O. The summed E-state index contributed by atoms with van der Waals surface area (Å²) in [6.45, 7) is 2.85. The molecule has 15 heavy (non-hydrogen) atoms. The van der Waals surface area contributed by atoms with E-state index in [2.05, 4.69) is 15.9 Å². The second-order valence-electron chi connectivity index (χ2n) is 3.27. The van der Waals surface area contributed by atoms with E-state index >= 15 is 0 Å². The Morgan fingerprint density at radius 3 is 2.60 bits per heavy atom. The lowest BCUT2D eigenvalue weighted by Gasteiger charge is -2.19. The summed E-state index contributed by atoms with van der Waals surface area (Å²) < 4.78 is 0.856. The van der Waals surface area contributed by atoms with Crippen molar-refractivity contribution in [1.82, 2.24) is 0 Å². The van der Waals surface area contributed by atoms with E-state index in [1.165, 1.54) is 0 Å². The molecule has 4 nitrogen and oxygen atoms in total. The Bertz CT molecular complexity index is 392. The van der Waals surface area contributed by atoms with Crippen LogP contribution in [-0.4, -0.2) is 19.5 Å². The second kappa shape index (κ2) is 4.53. The number of anilines is 2. The highest BCUT2D eigenvalue weighted by Crippen LogP contribution is 2.30. The topological polar surface area (TPSA) is 72.3 Å². The summed E-state index contributed by atoms with van der Waals surface area (Å²) in [5, 5.41) is 0. The highest BCUT2D eigenvalue weighted by Gasteiger charge is 2.12. The number of nitrogens with two attached hydrogens (primary N) is 2. The monoisotopic (exact) mass is 271 g/mol. The molecule has 1 rings (SSSR count). The van der Waals surface area contributed by atoms with Gasteiger partial charge in [0.2, 0.25) is 0 Å². The number of carbonyl (C=O) groups is 1. The van der Waals surface area contributed by atoms with Crippen LogP contribution in [0.3, 0.4) is 0 Å². The third-order valence-corrected chi connectivity index (χ3v) is 2.91. The quantitative estimate of drug-likeness (QED) is 0.821. The minimum atomic E-state index is -0.509. The van der Waals surface area contributed by atoms with Gasteiger partial charge in [0.25, 0.3) is 5.91 Å². The fourth-order valence-corrected chi connectivity index (χ4v) is 1.92. The lowest BCUT2D eigenvalue weighted by molar-refractivity contribution is 0.100. The molecule has 0 fully saturated rings. The van der Waals surface area contributed by atoms with E-state index in [0.29, 0.717) is 11.3 Å². The number of rotatable bonds is 3. The van der Waals surface area contributed by atoms with Crippen molar-refractivity contribution in [2.24, 2.45) is 5.73 Å². The minimum Gasteiger partial charge on any atom is -0.398 e. The molecule has 5 heteroatoms. The Morgan fingerprint density at radius 1 is 1.53 bits per heavy atom. The summed E-state index contributed by atoms with van der Waals surface area (Å²) in [7, 11) is 1.93. The van der Waals surface area contributed by atoms with Crippen LogP contribution in [0.5, 0.6) is 0 Å². The zero-order valence-corrected chi connectivity index (χ0v) is 10.3. The summed E-state index contributed by atoms with van der Waals surface area (Å²) in [5.74, 6) is -0.509. The average molecular weight is 272 g/mol. The molecule has 0 unspecified atom stereocenters. The predicted octanol–water partition coefficient (Wildman–Crippen LogP) is 1.59. The number of amides is 1. The zero-order chi connectivity index (χ0) is 11.6. The van der Waals surface area contributed by atoms with Crippen LogP contribution in [0.4, 0.5) is 11.4 Å². The van der Waals surface area contributed by atoms with Crippen LogP contribution >= 0.6 is 15.9 Å². The second-order valence-corrected chi connectivity index (χ2v) is 4.12. The normalized spacial score (nSPS) is 10.1. The van der Waals surface area contributed by atoms with Crippen molar-refractivity contribution < 1.29 is 4.79 Å². The van der Waals surface area contributed by atoms with Crippen LogP contribution in [-0.2, 0) is 0 Å². The molecule has 82 valence electrons. The van der Waals surface area contributed by atoms with Crippen molar-refractivity contribution in [3.8, 4) is 0 Å². The first-order valence-electron chi connectivity index (χ1n) is 4.57. The van der Waals surface area contributed by atoms with Gasteiger partial charge < -0.3 is 16.4 Å². The lowest BCUT2D eigenvalue weighted by atomic mass is 10.1. The van der Waals surface area contributed by atoms with Gasteiger partial charge in [-0.2, -0.15) is 0 Å². The number of nitrogens with zero attached hydrogens (tertiary/aromatic N) is 1. The smallest absolute Gasteiger partial charge is 0.250 e. The van der Waals surface area contributed by atoms with Crippen LogP contribution in [0.2, 0.25) is 0 Å². The van der Waals surface area contributed by atoms with Crippen molar-refractivity contribution in [3.05, 3.63) is 22.2 Å². The van der Waals surface area contributed by atoms with E-state index in [0.717, 1.165) is 16.7 Å². The third-order valence-electron chi connectivity index (χ3n) is 2.27. The number of hydrogen-bond acceptors (Lipinski definition) is 3. The molecule has 1 amide bonds. The van der Waals surface area contributed by atoms with Gasteiger partial charge in [0, 0.05) is 23.8 Å². The largest absolute Gasteiger partial charge is 0.398 e. The van der Waals surface area contributed by atoms with Gasteiger partial charge in [0.1, 0.15) is 0 Å². The van der Waals surface area contributed by atoms with Crippen LogP contribution in [0.25, 0.3) is 0 Å². The molecule has 1 aromatic rings. The zero-order valence-electron chi connectivity index (χ0n) is 8.75. The standard InChI is InChI=1S/C10H14BrN3O/c1-3-14(2)9-4-6(10(13)15)8(12)5-7(9)11/h4-5H,3,12H2,1-2H3,(H2,13,15). The maximum absolute atomic E-state index is 11.1. The van der Waals surface area contributed by atoms with Crippen molar-refractivity contribution in [1.29, 1.82) is 0 Å². The fourth-order valence-electron chi connectivity index (χ4n) is 1.25. The van der Waals surface area contributed by atoms with Gasteiger partial charge in [-0.05, 0) is 35.0 Å². The molecule has 0 aliphatic heterocycles. The molecule has 0 radical (unpaired) electrons. The summed E-state index contributed by atoms with van der Waals surface area (Å²) in [6.07, 6.45) is 0. The van der Waals surface area contributed by atoms with Gasteiger partial charge in [-0.15, -0.1) is 0 Å². The summed E-state index contributed by atoms with van der Waals surface area (Å²) in [5.41, 5.74) is 12.6. The van der Waals surface area contributed by atoms with Gasteiger partial charge >= 0.3 is 0 Å². The van der Waals surface area contributed by atoms with E-state index in [1.807, 2.05) is 18.9 Å². The summed E-state index contributed by atoms with van der Waals surface area (Å²) in [4.78, 5) is 13.1. The molecule has 4 N–H and O–H groups in total. The van der Waals surface area contributed by atoms with E-state index < -0.39 is 5.91 Å². The van der Waals surface area contributed by atoms with Gasteiger partial charge in [0.15, 0.2) is 0 Å². The Hall–Kier alpha value is -1.23. The molecule has 0 spiro atoms. The van der Waals surface area contributed by atoms with Crippen molar-refractivity contribution >= 4 is 33.2 Å². The molecule has 0 aliphatic carbocycles. The number of hydrogen-bond donors (Lipinski definition) is 2. The molecule has 0 bridgehead atoms. The lowest BCUT2D eigenvalue weighted by Crippen LogP contribution is -2.19. The third kappa shape index (κ3) is 2.41. The number of nitrogen functional groups attached to an aromatic ring is 1. The molecule has 0 aromatic heterocycles. The highest BCUT2D eigenvalue weighted by atomic mass is 79.9. The molecule has 0 saturated heterocycles. The molecule has 0 saturated carbocycles. The van der Waals surface area contributed by atoms with Crippen LogP contribution in [0.15, 0.2) is 16.6 Å². The Kier molecular flexibility index (Phi) is 3.57. The number of carbonyl (C=O) groups excluding carboxylic acids is 1. The van der Waals surface area contributed by atoms with Gasteiger partial charge in [-0.1, -0.05) is 0 Å². The molecule has 0 heterocycles. The highest BCUT2D eigenvalue weighted by molar-refractivity contribution is 9.10. The maximum atomic E-state index is 11.1. The van der Waals surface area contributed by atoms with E-state index in [-0.39, 0.29) is 0 Å². The maximum Gasteiger partial charge on any atom is 0.250 e. The SMILES string of the molecule is CCN(C)c1cc(C(N)=O)c(N)cc1Br. The van der Waals surface area contributed by atoms with Crippen molar-refractivity contribution in [3.63, 3.8) is 0 Å².